The van der Waals surface area contributed by atoms with Crippen LogP contribution in [0.5, 0.6) is 11.5 Å². The highest BCUT2D eigenvalue weighted by Crippen LogP contribution is 2.35. The number of aryl methyl sites for hydroxylation is 1. The van der Waals surface area contributed by atoms with Crippen molar-refractivity contribution in [3.63, 3.8) is 0 Å². The van der Waals surface area contributed by atoms with Crippen molar-refractivity contribution in [3.05, 3.63) is 54.6 Å². The van der Waals surface area contributed by atoms with E-state index >= 15 is 0 Å². The van der Waals surface area contributed by atoms with E-state index in [1.165, 1.54) is 19.2 Å². The number of phenolic OH excluding ortho intramolecular Hbond substituents is 1. The molecule has 0 radical (unpaired) electrons. The molecule has 0 aliphatic heterocycles. The Balaban J connectivity index is 1.70. The van der Waals surface area contributed by atoms with Crippen LogP contribution in [0.3, 0.4) is 0 Å². The predicted molar refractivity (Wildman–Crippen MR) is 109 cm³/mol. The number of carbonyl (C=O) groups excluding carboxylic acids is 1. The number of halogens is 3. The number of methoxy groups -OCH3 is 1. The fourth-order valence-corrected chi connectivity index (χ4v) is 3.35. The first-order valence-electron chi connectivity index (χ1n) is 9.39. The van der Waals surface area contributed by atoms with Crippen LogP contribution in [0.25, 0.3) is 28.0 Å². The Morgan fingerprint density at radius 2 is 1.97 bits per heavy atom. The number of fused-ring (bicyclic) bond motifs is 1. The third-order valence-corrected chi connectivity index (χ3v) is 4.82. The first kappa shape index (κ1) is 21.2. The van der Waals surface area contributed by atoms with E-state index in [0.29, 0.717) is 16.9 Å². The average Bonchev–Trinajstić information content (AvgIpc) is 3.36. The molecule has 0 atom stereocenters. The molecule has 166 valence electrons. The number of pyridine rings is 1. The van der Waals surface area contributed by atoms with E-state index in [2.05, 4.69) is 10.1 Å². The van der Waals surface area contributed by atoms with E-state index < -0.39 is 24.4 Å². The fraction of sp³-hybridized carbons (Fsp3) is 0.190. The van der Waals surface area contributed by atoms with Crippen molar-refractivity contribution in [1.82, 2.24) is 24.5 Å². The Morgan fingerprint density at radius 3 is 2.62 bits per heavy atom. The summed E-state index contributed by atoms with van der Waals surface area (Å²) in [5, 5.41) is 16.3. The van der Waals surface area contributed by atoms with Gasteiger partial charge in [0, 0.05) is 30.6 Å². The van der Waals surface area contributed by atoms with Gasteiger partial charge in [-0.05, 0) is 29.8 Å². The standard InChI is InChI=1S/C21H18F3N5O3/c1-28-10-14(8-27-28)12-3-4-29-15(9-25-18(29)7-12)13-5-16(30)19(17(6-13)32-2)20(31)26-11-21(22,23)24/h3-10,30H,11H2,1-2H3,(H,26,31). The van der Waals surface area contributed by atoms with Gasteiger partial charge in [-0.15, -0.1) is 0 Å². The number of ether oxygens (including phenoxy) is 1. The van der Waals surface area contributed by atoms with E-state index in [-0.39, 0.29) is 11.3 Å². The lowest BCUT2D eigenvalue weighted by molar-refractivity contribution is -0.123. The van der Waals surface area contributed by atoms with Crippen molar-refractivity contribution >= 4 is 11.6 Å². The largest absolute Gasteiger partial charge is 0.507 e. The molecule has 4 rings (SSSR count). The molecule has 3 heterocycles. The van der Waals surface area contributed by atoms with Gasteiger partial charge >= 0.3 is 6.18 Å². The van der Waals surface area contributed by atoms with Gasteiger partial charge < -0.3 is 15.2 Å². The van der Waals surface area contributed by atoms with Crippen molar-refractivity contribution in [1.29, 1.82) is 0 Å². The maximum atomic E-state index is 12.4. The zero-order valence-electron chi connectivity index (χ0n) is 17.0. The van der Waals surface area contributed by atoms with E-state index in [9.17, 15) is 23.1 Å². The zero-order valence-corrected chi connectivity index (χ0v) is 17.0. The second-order valence-corrected chi connectivity index (χ2v) is 7.06. The molecule has 32 heavy (non-hydrogen) atoms. The van der Waals surface area contributed by atoms with Crippen molar-refractivity contribution < 1.29 is 27.8 Å². The van der Waals surface area contributed by atoms with Crippen LogP contribution in [0, 0.1) is 0 Å². The van der Waals surface area contributed by atoms with Gasteiger partial charge in [-0.25, -0.2) is 4.98 Å². The van der Waals surface area contributed by atoms with Gasteiger partial charge in [0.2, 0.25) is 0 Å². The first-order chi connectivity index (χ1) is 15.2. The number of aromatic hydroxyl groups is 1. The lowest BCUT2D eigenvalue weighted by Crippen LogP contribution is -2.33. The Hall–Kier alpha value is -4.02. The Morgan fingerprint density at radius 1 is 1.19 bits per heavy atom. The summed E-state index contributed by atoms with van der Waals surface area (Å²) < 4.78 is 45.9. The van der Waals surface area contributed by atoms with Gasteiger partial charge in [-0.2, -0.15) is 18.3 Å². The number of carbonyl (C=O) groups is 1. The quantitative estimate of drug-likeness (QED) is 0.491. The monoisotopic (exact) mass is 445 g/mol. The summed E-state index contributed by atoms with van der Waals surface area (Å²) in [5.74, 6) is -1.68. The molecule has 0 saturated carbocycles. The summed E-state index contributed by atoms with van der Waals surface area (Å²) in [6.07, 6.45) is 2.42. The molecular weight excluding hydrogens is 427 g/mol. The van der Waals surface area contributed by atoms with Crippen LogP contribution < -0.4 is 10.1 Å². The molecular formula is C21H18F3N5O3. The second kappa shape index (κ2) is 7.91. The molecule has 1 amide bonds. The molecule has 0 aliphatic rings. The van der Waals surface area contributed by atoms with Crippen LogP contribution in [-0.2, 0) is 7.05 Å². The highest BCUT2D eigenvalue weighted by molar-refractivity contribution is 6.00. The van der Waals surface area contributed by atoms with E-state index in [0.717, 1.165) is 11.1 Å². The number of nitrogens with zero attached hydrogens (tertiary/aromatic N) is 4. The minimum Gasteiger partial charge on any atom is -0.507 e. The van der Waals surface area contributed by atoms with Gasteiger partial charge in [-0.3, -0.25) is 13.9 Å². The Bertz CT molecular complexity index is 1310. The lowest BCUT2D eigenvalue weighted by atomic mass is 10.1. The summed E-state index contributed by atoms with van der Waals surface area (Å²) in [4.78, 5) is 16.6. The molecule has 0 unspecified atom stereocenters. The molecule has 2 N–H and O–H groups in total. The minimum atomic E-state index is -4.58. The zero-order chi connectivity index (χ0) is 23.0. The molecule has 3 aromatic heterocycles. The average molecular weight is 445 g/mol. The summed E-state index contributed by atoms with van der Waals surface area (Å²) in [6.45, 7) is -1.53. The van der Waals surface area contributed by atoms with Crippen molar-refractivity contribution in [2.75, 3.05) is 13.7 Å². The van der Waals surface area contributed by atoms with Crippen LogP contribution in [-0.4, -0.2) is 50.0 Å². The number of hydrogen-bond donors (Lipinski definition) is 2. The molecule has 0 aliphatic carbocycles. The van der Waals surface area contributed by atoms with Crippen molar-refractivity contribution in [2.45, 2.75) is 6.18 Å². The first-order valence-corrected chi connectivity index (χ1v) is 9.39. The van der Waals surface area contributed by atoms with Gasteiger partial charge in [0.25, 0.3) is 5.91 Å². The molecule has 0 spiro atoms. The van der Waals surface area contributed by atoms with Gasteiger partial charge in [0.1, 0.15) is 29.3 Å². The van der Waals surface area contributed by atoms with Crippen molar-refractivity contribution in [3.8, 4) is 33.9 Å². The number of nitrogens with one attached hydrogen (secondary N) is 1. The van der Waals surface area contributed by atoms with Crippen molar-refractivity contribution in [2.24, 2.45) is 7.05 Å². The van der Waals surface area contributed by atoms with Crippen LogP contribution in [0.15, 0.2) is 49.1 Å². The second-order valence-electron chi connectivity index (χ2n) is 7.06. The predicted octanol–water partition coefficient (Wildman–Crippen LogP) is 3.41. The molecule has 8 nitrogen and oxygen atoms in total. The third-order valence-electron chi connectivity index (χ3n) is 4.82. The van der Waals surface area contributed by atoms with E-state index in [1.807, 2.05) is 25.4 Å². The molecule has 0 fully saturated rings. The third kappa shape index (κ3) is 4.09. The summed E-state index contributed by atoms with van der Waals surface area (Å²) in [7, 11) is 3.08. The Labute approximate surface area is 179 Å². The number of amides is 1. The molecule has 4 aromatic rings. The number of imidazole rings is 1. The highest BCUT2D eigenvalue weighted by atomic mass is 19.4. The normalized spacial score (nSPS) is 11.7. The number of aromatic nitrogens is 4. The summed E-state index contributed by atoms with van der Waals surface area (Å²) >= 11 is 0. The number of hydrogen-bond acceptors (Lipinski definition) is 5. The number of rotatable bonds is 5. The van der Waals surface area contributed by atoms with E-state index in [1.54, 1.807) is 33.0 Å². The van der Waals surface area contributed by atoms with Crippen LogP contribution >= 0.6 is 0 Å². The number of alkyl halides is 3. The maximum absolute atomic E-state index is 12.4. The Kier molecular flexibility index (Phi) is 5.25. The SMILES string of the molecule is COc1cc(-c2cnc3cc(-c4cnn(C)c4)ccn23)cc(O)c1C(=O)NCC(F)(F)F. The molecule has 1 aromatic carbocycles. The topological polar surface area (TPSA) is 93.7 Å². The van der Waals surface area contributed by atoms with Gasteiger partial charge in [-0.1, -0.05) is 0 Å². The lowest BCUT2D eigenvalue weighted by Gasteiger charge is -2.14. The molecule has 0 saturated heterocycles. The van der Waals surface area contributed by atoms with Crippen LogP contribution in [0.2, 0.25) is 0 Å². The number of phenols is 1. The summed E-state index contributed by atoms with van der Waals surface area (Å²) in [6, 6.07) is 6.49. The van der Waals surface area contributed by atoms with Crippen LogP contribution in [0.4, 0.5) is 13.2 Å². The fourth-order valence-electron chi connectivity index (χ4n) is 3.35. The molecule has 0 bridgehead atoms. The number of benzene rings is 1. The van der Waals surface area contributed by atoms with E-state index in [4.69, 9.17) is 4.74 Å². The van der Waals surface area contributed by atoms with Gasteiger partial charge in [0.15, 0.2) is 0 Å². The van der Waals surface area contributed by atoms with Gasteiger partial charge in [0.05, 0.1) is 25.2 Å². The van der Waals surface area contributed by atoms with Crippen LogP contribution in [0.1, 0.15) is 10.4 Å². The summed E-state index contributed by atoms with van der Waals surface area (Å²) in [5.41, 5.74) is 3.15. The smallest absolute Gasteiger partial charge is 0.405 e. The highest BCUT2D eigenvalue weighted by Gasteiger charge is 2.29. The maximum Gasteiger partial charge on any atom is 0.405 e. The minimum absolute atomic E-state index is 0.0680. The molecule has 11 heteroatoms.